The molecule has 0 N–H and O–H groups in total. The first-order chi connectivity index (χ1) is 9.15. The summed E-state index contributed by atoms with van der Waals surface area (Å²) in [5.74, 6) is -2.44. The summed E-state index contributed by atoms with van der Waals surface area (Å²) in [7, 11) is 0. The number of rotatable bonds is 2. The van der Waals surface area contributed by atoms with Crippen molar-refractivity contribution in [1.82, 2.24) is 10.1 Å². The van der Waals surface area contributed by atoms with Gasteiger partial charge in [0.1, 0.15) is 5.75 Å². The summed E-state index contributed by atoms with van der Waals surface area (Å²) in [5, 5.41) is 3.09. The van der Waals surface area contributed by atoms with Crippen molar-refractivity contribution >= 4 is 0 Å². The summed E-state index contributed by atoms with van der Waals surface area (Å²) < 4.78 is 80.0. The standard InChI is InChI=1S/C10H4F6N2O2/c11-9(12,13)8-17-7(18-20-8)5-1-3-6(4-2-5)19-10(14,15)16/h1-4H. The van der Waals surface area contributed by atoms with Gasteiger partial charge in [-0.2, -0.15) is 18.2 Å². The van der Waals surface area contributed by atoms with Crippen molar-refractivity contribution in [3.8, 4) is 17.1 Å². The molecule has 2 aromatic rings. The van der Waals surface area contributed by atoms with E-state index in [0.29, 0.717) is 0 Å². The Morgan fingerprint density at radius 3 is 2.00 bits per heavy atom. The van der Waals surface area contributed by atoms with Gasteiger partial charge in [-0.15, -0.1) is 13.2 Å². The predicted octanol–water partition coefficient (Wildman–Crippen LogP) is 3.65. The summed E-state index contributed by atoms with van der Waals surface area (Å²) in [4.78, 5) is 3.09. The second-order valence-electron chi connectivity index (χ2n) is 3.49. The molecule has 0 saturated carbocycles. The molecule has 0 aliphatic carbocycles. The van der Waals surface area contributed by atoms with Crippen LogP contribution in [0.4, 0.5) is 26.3 Å². The van der Waals surface area contributed by atoms with Gasteiger partial charge in [-0.05, 0) is 24.3 Å². The van der Waals surface area contributed by atoms with Crippen LogP contribution in [0.1, 0.15) is 5.89 Å². The lowest BCUT2D eigenvalue weighted by Crippen LogP contribution is -2.16. The highest BCUT2D eigenvalue weighted by Crippen LogP contribution is 2.30. The third-order valence-electron chi connectivity index (χ3n) is 2.01. The average molecular weight is 298 g/mol. The fourth-order valence-corrected chi connectivity index (χ4v) is 1.26. The molecule has 1 aromatic carbocycles. The second kappa shape index (κ2) is 4.69. The van der Waals surface area contributed by atoms with Gasteiger partial charge in [0.2, 0.25) is 5.82 Å². The van der Waals surface area contributed by atoms with Crippen LogP contribution < -0.4 is 4.74 Å². The van der Waals surface area contributed by atoms with E-state index in [1.54, 1.807) is 0 Å². The molecule has 1 aromatic heterocycles. The number of alkyl halides is 6. The van der Waals surface area contributed by atoms with Gasteiger partial charge in [0.15, 0.2) is 0 Å². The first-order valence-corrected chi connectivity index (χ1v) is 4.92. The number of benzene rings is 1. The molecule has 0 saturated heterocycles. The number of ether oxygens (including phenoxy) is 1. The van der Waals surface area contributed by atoms with Crippen molar-refractivity contribution in [2.45, 2.75) is 12.5 Å². The highest BCUT2D eigenvalue weighted by atomic mass is 19.4. The number of aromatic nitrogens is 2. The topological polar surface area (TPSA) is 48.2 Å². The normalized spacial score (nSPS) is 12.5. The van der Waals surface area contributed by atoms with Gasteiger partial charge in [0.05, 0.1) is 0 Å². The summed E-state index contributed by atoms with van der Waals surface area (Å²) in [6.07, 6.45) is -9.64. The van der Waals surface area contributed by atoms with Crippen LogP contribution in [-0.2, 0) is 6.18 Å². The molecule has 1 heterocycles. The van der Waals surface area contributed by atoms with Gasteiger partial charge in [-0.3, -0.25) is 0 Å². The SMILES string of the molecule is FC(F)(F)Oc1ccc(-c2noc(C(F)(F)F)n2)cc1. The third-order valence-corrected chi connectivity index (χ3v) is 2.01. The van der Waals surface area contributed by atoms with Crippen molar-refractivity contribution in [3.63, 3.8) is 0 Å². The molecule has 0 spiro atoms. The summed E-state index contributed by atoms with van der Waals surface area (Å²) in [6, 6.07) is 4.00. The van der Waals surface area contributed by atoms with Crippen LogP contribution in [0.15, 0.2) is 28.8 Å². The Labute approximate surface area is 107 Å². The third kappa shape index (κ3) is 3.39. The van der Waals surface area contributed by atoms with Crippen molar-refractivity contribution in [2.24, 2.45) is 0 Å². The van der Waals surface area contributed by atoms with Gasteiger partial charge < -0.3 is 9.26 Å². The predicted molar refractivity (Wildman–Crippen MR) is 51.4 cm³/mol. The lowest BCUT2D eigenvalue weighted by Gasteiger charge is -2.08. The van der Waals surface area contributed by atoms with E-state index < -0.39 is 30.0 Å². The van der Waals surface area contributed by atoms with Gasteiger partial charge >= 0.3 is 18.4 Å². The minimum Gasteiger partial charge on any atom is -0.406 e. The molecule has 2 rings (SSSR count). The van der Waals surface area contributed by atoms with Crippen molar-refractivity contribution in [3.05, 3.63) is 30.2 Å². The molecule has 20 heavy (non-hydrogen) atoms. The molecular formula is C10H4F6N2O2. The Morgan fingerprint density at radius 2 is 1.55 bits per heavy atom. The minimum atomic E-state index is -4.85. The Bertz CT molecular complexity index is 587. The Hall–Kier alpha value is -2.26. The molecule has 0 bridgehead atoms. The zero-order valence-corrected chi connectivity index (χ0v) is 9.29. The number of hydrogen-bond acceptors (Lipinski definition) is 4. The molecule has 4 nitrogen and oxygen atoms in total. The van der Waals surface area contributed by atoms with E-state index in [0.717, 1.165) is 24.3 Å². The lowest BCUT2D eigenvalue weighted by atomic mass is 10.2. The maximum atomic E-state index is 12.2. The van der Waals surface area contributed by atoms with Crippen molar-refractivity contribution in [1.29, 1.82) is 0 Å². The maximum Gasteiger partial charge on any atom is 0.573 e. The largest absolute Gasteiger partial charge is 0.573 e. The Kier molecular flexibility index (Phi) is 3.32. The van der Waals surface area contributed by atoms with Gasteiger partial charge in [-0.25, -0.2) is 0 Å². The molecule has 0 fully saturated rings. The lowest BCUT2D eigenvalue weighted by molar-refractivity contribution is -0.274. The maximum absolute atomic E-state index is 12.2. The van der Waals surface area contributed by atoms with Gasteiger partial charge in [0, 0.05) is 5.56 Å². The number of nitrogens with zero attached hydrogens (tertiary/aromatic N) is 2. The first-order valence-electron chi connectivity index (χ1n) is 4.92. The van der Waals surface area contributed by atoms with E-state index in [9.17, 15) is 26.3 Å². The first kappa shape index (κ1) is 14.2. The van der Waals surface area contributed by atoms with Crippen LogP contribution in [0, 0.1) is 0 Å². The molecule has 0 radical (unpaired) electrons. The molecule has 108 valence electrons. The van der Waals surface area contributed by atoms with E-state index in [-0.39, 0.29) is 5.56 Å². The second-order valence-corrected chi connectivity index (χ2v) is 3.49. The van der Waals surface area contributed by atoms with Crippen molar-refractivity contribution < 1.29 is 35.6 Å². The summed E-state index contributed by atoms with van der Waals surface area (Å²) >= 11 is 0. The highest BCUT2D eigenvalue weighted by Gasteiger charge is 2.38. The average Bonchev–Trinajstić information content (AvgIpc) is 2.76. The highest BCUT2D eigenvalue weighted by molar-refractivity contribution is 5.55. The zero-order chi connectivity index (χ0) is 15.0. The number of hydrogen-bond donors (Lipinski definition) is 0. The molecule has 0 aliphatic rings. The van der Waals surface area contributed by atoms with Crippen LogP contribution >= 0.6 is 0 Å². The van der Waals surface area contributed by atoms with Crippen LogP contribution in [0.3, 0.4) is 0 Å². The van der Waals surface area contributed by atoms with Crippen LogP contribution in [0.25, 0.3) is 11.4 Å². The van der Waals surface area contributed by atoms with Gasteiger partial charge in [0.25, 0.3) is 0 Å². The summed E-state index contributed by atoms with van der Waals surface area (Å²) in [5.41, 5.74) is 0.0544. The smallest absolute Gasteiger partial charge is 0.406 e. The van der Waals surface area contributed by atoms with E-state index in [4.69, 9.17) is 0 Å². The van der Waals surface area contributed by atoms with E-state index >= 15 is 0 Å². The van der Waals surface area contributed by atoms with Crippen LogP contribution in [-0.4, -0.2) is 16.5 Å². The fraction of sp³-hybridized carbons (Fsp3) is 0.200. The Morgan fingerprint density at radius 1 is 0.950 bits per heavy atom. The van der Waals surface area contributed by atoms with Crippen molar-refractivity contribution in [2.75, 3.05) is 0 Å². The molecular weight excluding hydrogens is 294 g/mol. The van der Waals surface area contributed by atoms with E-state index in [1.807, 2.05) is 0 Å². The molecule has 0 atom stereocenters. The Balaban J connectivity index is 2.20. The molecule has 0 aliphatic heterocycles. The quantitative estimate of drug-likeness (QED) is 0.794. The molecule has 0 unspecified atom stereocenters. The van der Waals surface area contributed by atoms with Gasteiger partial charge in [-0.1, -0.05) is 5.16 Å². The molecule has 0 amide bonds. The number of halogens is 6. The molecule has 10 heteroatoms. The summed E-state index contributed by atoms with van der Waals surface area (Å²) in [6.45, 7) is 0. The zero-order valence-electron chi connectivity index (χ0n) is 9.29. The monoisotopic (exact) mass is 298 g/mol. The minimum absolute atomic E-state index is 0.0544. The van der Waals surface area contributed by atoms with Crippen LogP contribution in [0.2, 0.25) is 0 Å². The fourth-order valence-electron chi connectivity index (χ4n) is 1.26. The van der Waals surface area contributed by atoms with E-state index in [2.05, 4.69) is 19.4 Å². The van der Waals surface area contributed by atoms with Crippen LogP contribution in [0.5, 0.6) is 5.75 Å². The van der Waals surface area contributed by atoms with E-state index in [1.165, 1.54) is 0 Å².